The number of aromatic carboxylic acids is 1. The Balaban J connectivity index is 1.95. The third-order valence-electron chi connectivity index (χ3n) is 3.72. The Hall–Kier alpha value is -2.08. The quantitative estimate of drug-likeness (QED) is 0.891. The van der Waals surface area contributed by atoms with Gasteiger partial charge in [-0.05, 0) is 26.1 Å². The maximum atomic E-state index is 12.1. The summed E-state index contributed by atoms with van der Waals surface area (Å²) in [5.74, 6) is -0.621. The maximum Gasteiger partial charge on any atom is 0.336 e. The van der Waals surface area contributed by atoms with Crippen LogP contribution in [0.2, 0.25) is 0 Å². The van der Waals surface area contributed by atoms with Gasteiger partial charge in [0.05, 0.1) is 5.56 Å². The monoisotopic (exact) mass is 292 g/mol. The molecule has 1 aliphatic heterocycles. The minimum Gasteiger partial charge on any atom is -0.483 e. The van der Waals surface area contributed by atoms with E-state index >= 15 is 0 Å². The Morgan fingerprint density at radius 3 is 2.52 bits per heavy atom. The highest BCUT2D eigenvalue weighted by atomic mass is 16.5. The summed E-state index contributed by atoms with van der Waals surface area (Å²) < 4.78 is 5.50. The zero-order valence-electron chi connectivity index (χ0n) is 12.3. The van der Waals surface area contributed by atoms with Crippen molar-refractivity contribution in [3.8, 4) is 5.75 Å². The molecule has 1 heterocycles. The van der Waals surface area contributed by atoms with E-state index in [0.717, 1.165) is 13.1 Å². The van der Waals surface area contributed by atoms with E-state index in [9.17, 15) is 9.59 Å². The van der Waals surface area contributed by atoms with Crippen LogP contribution >= 0.6 is 0 Å². The predicted octanol–water partition coefficient (Wildman–Crippen LogP) is 0.846. The van der Waals surface area contributed by atoms with Crippen LogP contribution in [-0.2, 0) is 4.79 Å². The molecule has 1 aromatic carbocycles. The molecule has 6 heteroatoms. The fraction of sp³-hybridized carbons (Fsp3) is 0.467. The number of hydrogen-bond acceptors (Lipinski definition) is 4. The molecule has 0 spiro atoms. The summed E-state index contributed by atoms with van der Waals surface area (Å²) in [7, 11) is 2.03. The van der Waals surface area contributed by atoms with Crippen molar-refractivity contribution in [3.05, 3.63) is 29.3 Å². The first-order chi connectivity index (χ1) is 9.99. The number of carboxylic acid groups (broad SMARTS) is 1. The minimum atomic E-state index is -0.997. The summed E-state index contributed by atoms with van der Waals surface area (Å²) in [5.41, 5.74) is 0.732. The Labute approximate surface area is 123 Å². The molecule has 0 atom stereocenters. The van der Waals surface area contributed by atoms with Gasteiger partial charge in [-0.1, -0.05) is 6.07 Å². The third kappa shape index (κ3) is 3.72. The van der Waals surface area contributed by atoms with Crippen LogP contribution < -0.4 is 4.74 Å². The summed E-state index contributed by atoms with van der Waals surface area (Å²) in [5, 5.41) is 9.06. The van der Waals surface area contributed by atoms with Crippen LogP contribution in [0.15, 0.2) is 18.2 Å². The van der Waals surface area contributed by atoms with E-state index < -0.39 is 5.97 Å². The second-order valence-electron chi connectivity index (χ2n) is 5.21. The fourth-order valence-electron chi connectivity index (χ4n) is 2.29. The van der Waals surface area contributed by atoms with Crippen molar-refractivity contribution in [1.29, 1.82) is 0 Å². The summed E-state index contributed by atoms with van der Waals surface area (Å²) in [6.45, 7) is 4.74. The molecule has 0 aliphatic carbocycles. The molecule has 1 aliphatic rings. The molecule has 6 nitrogen and oxygen atoms in total. The number of carboxylic acids is 1. The van der Waals surface area contributed by atoms with Crippen LogP contribution in [0.25, 0.3) is 0 Å². The van der Waals surface area contributed by atoms with Gasteiger partial charge in [-0.3, -0.25) is 4.79 Å². The van der Waals surface area contributed by atoms with Crippen LogP contribution in [0.4, 0.5) is 0 Å². The van der Waals surface area contributed by atoms with E-state index in [0.29, 0.717) is 24.4 Å². The fourth-order valence-corrected chi connectivity index (χ4v) is 2.29. The van der Waals surface area contributed by atoms with Gasteiger partial charge in [-0.25, -0.2) is 4.79 Å². The molecule has 0 bridgehead atoms. The van der Waals surface area contributed by atoms with Gasteiger partial charge >= 0.3 is 5.97 Å². The summed E-state index contributed by atoms with van der Waals surface area (Å²) in [4.78, 5) is 27.1. The molecule has 1 aromatic rings. The molecule has 2 rings (SSSR count). The van der Waals surface area contributed by atoms with Crippen molar-refractivity contribution in [1.82, 2.24) is 9.80 Å². The molecule has 0 aromatic heterocycles. The number of carbonyl (C=O) groups is 2. The number of amides is 1. The van der Waals surface area contributed by atoms with E-state index in [1.807, 2.05) is 7.05 Å². The lowest BCUT2D eigenvalue weighted by atomic mass is 10.1. The highest BCUT2D eigenvalue weighted by Crippen LogP contribution is 2.21. The van der Waals surface area contributed by atoms with Crippen molar-refractivity contribution in [2.45, 2.75) is 6.92 Å². The average Bonchev–Trinajstić information content (AvgIpc) is 2.46. The van der Waals surface area contributed by atoms with Crippen molar-refractivity contribution in [2.75, 3.05) is 39.8 Å². The van der Waals surface area contributed by atoms with Gasteiger partial charge in [0, 0.05) is 31.7 Å². The minimum absolute atomic E-state index is 0.0619. The van der Waals surface area contributed by atoms with Crippen molar-refractivity contribution in [2.24, 2.45) is 0 Å². The first-order valence-electron chi connectivity index (χ1n) is 6.91. The highest BCUT2D eigenvalue weighted by Gasteiger charge is 2.20. The van der Waals surface area contributed by atoms with Crippen molar-refractivity contribution in [3.63, 3.8) is 0 Å². The van der Waals surface area contributed by atoms with Crippen molar-refractivity contribution >= 4 is 11.9 Å². The molecule has 0 radical (unpaired) electrons. The van der Waals surface area contributed by atoms with Crippen LogP contribution in [0.5, 0.6) is 5.75 Å². The molecule has 1 N–H and O–H groups in total. The predicted molar refractivity (Wildman–Crippen MR) is 77.7 cm³/mol. The number of carbonyl (C=O) groups excluding carboxylic acids is 1. The smallest absolute Gasteiger partial charge is 0.336 e. The highest BCUT2D eigenvalue weighted by molar-refractivity contribution is 5.90. The first kappa shape index (κ1) is 15.3. The Morgan fingerprint density at radius 2 is 1.90 bits per heavy atom. The topological polar surface area (TPSA) is 70.1 Å². The largest absolute Gasteiger partial charge is 0.483 e. The molecular formula is C15H20N2O4. The number of nitrogens with zero attached hydrogens (tertiary/aromatic N) is 2. The lowest BCUT2D eigenvalue weighted by Gasteiger charge is -2.32. The number of hydrogen-bond donors (Lipinski definition) is 1. The molecule has 1 fully saturated rings. The normalized spacial score (nSPS) is 15.8. The Kier molecular flexibility index (Phi) is 4.80. The molecular weight excluding hydrogens is 272 g/mol. The number of piperazine rings is 1. The van der Waals surface area contributed by atoms with Gasteiger partial charge in [0.1, 0.15) is 5.75 Å². The average molecular weight is 292 g/mol. The van der Waals surface area contributed by atoms with Crippen LogP contribution in [0, 0.1) is 6.92 Å². The van der Waals surface area contributed by atoms with Crippen LogP contribution in [0.3, 0.4) is 0 Å². The van der Waals surface area contributed by atoms with E-state index in [1.54, 1.807) is 24.0 Å². The summed E-state index contributed by atoms with van der Waals surface area (Å²) in [6.07, 6.45) is 0. The van der Waals surface area contributed by atoms with Gasteiger partial charge in [-0.2, -0.15) is 0 Å². The van der Waals surface area contributed by atoms with Crippen molar-refractivity contribution < 1.29 is 19.4 Å². The zero-order valence-corrected chi connectivity index (χ0v) is 12.3. The zero-order chi connectivity index (χ0) is 15.4. The Bertz CT molecular complexity index is 536. The molecule has 1 saturated heterocycles. The SMILES string of the molecule is Cc1c(OCC(=O)N2CCN(C)CC2)cccc1C(=O)O. The number of likely N-dealkylation sites (N-methyl/N-ethyl adjacent to an activating group) is 1. The molecule has 21 heavy (non-hydrogen) atoms. The second-order valence-corrected chi connectivity index (χ2v) is 5.21. The van der Waals surface area contributed by atoms with E-state index in [4.69, 9.17) is 9.84 Å². The van der Waals surface area contributed by atoms with Crippen LogP contribution in [-0.4, -0.2) is 66.6 Å². The van der Waals surface area contributed by atoms with Gasteiger partial charge in [0.15, 0.2) is 6.61 Å². The van der Waals surface area contributed by atoms with Crippen LogP contribution in [0.1, 0.15) is 15.9 Å². The molecule has 1 amide bonds. The van der Waals surface area contributed by atoms with E-state index in [1.165, 1.54) is 6.07 Å². The Morgan fingerprint density at radius 1 is 1.24 bits per heavy atom. The summed E-state index contributed by atoms with van der Waals surface area (Å²) >= 11 is 0. The molecule has 0 saturated carbocycles. The third-order valence-corrected chi connectivity index (χ3v) is 3.72. The number of ether oxygens (including phenoxy) is 1. The lowest BCUT2D eigenvalue weighted by Crippen LogP contribution is -2.48. The maximum absolute atomic E-state index is 12.1. The summed E-state index contributed by atoms with van der Waals surface area (Å²) in [6, 6.07) is 4.82. The second kappa shape index (κ2) is 6.58. The number of benzene rings is 1. The molecule has 114 valence electrons. The lowest BCUT2D eigenvalue weighted by molar-refractivity contribution is -0.134. The molecule has 0 unspecified atom stereocenters. The van der Waals surface area contributed by atoms with Gasteiger partial charge in [-0.15, -0.1) is 0 Å². The van der Waals surface area contributed by atoms with E-state index in [2.05, 4.69) is 4.90 Å². The number of rotatable bonds is 4. The standard InChI is InChI=1S/C15H20N2O4/c1-11-12(15(19)20)4-3-5-13(11)21-10-14(18)17-8-6-16(2)7-9-17/h3-5H,6-10H2,1-2H3,(H,19,20). The van der Waals surface area contributed by atoms with Gasteiger partial charge < -0.3 is 19.6 Å². The first-order valence-corrected chi connectivity index (χ1v) is 6.91. The van der Waals surface area contributed by atoms with Gasteiger partial charge in [0.25, 0.3) is 5.91 Å². The van der Waals surface area contributed by atoms with Gasteiger partial charge in [0.2, 0.25) is 0 Å². The van der Waals surface area contributed by atoms with E-state index in [-0.39, 0.29) is 18.1 Å².